The highest BCUT2D eigenvalue weighted by Crippen LogP contribution is 2.56. The van der Waals surface area contributed by atoms with Gasteiger partial charge in [-0.15, -0.1) is 0 Å². The Morgan fingerprint density at radius 2 is 1.78 bits per heavy atom. The number of aliphatic hydroxyl groups is 1. The Bertz CT molecular complexity index is 1120. The van der Waals surface area contributed by atoms with Crippen molar-refractivity contribution in [3.8, 4) is 0 Å². The van der Waals surface area contributed by atoms with Crippen molar-refractivity contribution in [3.63, 3.8) is 0 Å². The Morgan fingerprint density at radius 1 is 1.14 bits per heavy atom. The molecule has 1 aliphatic carbocycles. The Balaban J connectivity index is 1.52. The zero-order chi connectivity index (χ0) is 26.5. The number of carbonyl (C=O) groups is 2. The standard InChI is InChI=1S/C27H41N5O3Si/c1-17(2)20(21(33)18-12-9-8-10-13-18)28-25(35)32-16-19-22(26(32,3)4)30-31-23(19)29-24(34)27(14-11-15-27)36(5,6)7/h8-10,12-13,17,20-21,33H,11,14-16H2,1-7H3,(H,28,35)(H2,29,30,31,34)/t20-,21?/m0/s1. The first-order chi connectivity index (χ1) is 16.8. The van der Waals surface area contributed by atoms with Crippen molar-refractivity contribution in [2.75, 3.05) is 5.32 Å². The SMILES string of the molecule is CC(C)[C@H](NC(=O)N1Cc2c(NC(=O)C3([Si](C)(C)C)CCC3)n[nH]c2C1(C)C)C(O)c1ccccc1. The van der Waals surface area contributed by atoms with E-state index in [2.05, 4.69) is 40.5 Å². The Kier molecular flexibility index (Phi) is 6.85. The molecule has 0 radical (unpaired) electrons. The lowest BCUT2D eigenvalue weighted by atomic mass is 9.83. The van der Waals surface area contributed by atoms with Crippen LogP contribution in [0.3, 0.4) is 0 Å². The summed E-state index contributed by atoms with van der Waals surface area (Å²) in [5.41, 5.74) is 1.79. The Labute approximate surface area is 215 Å². The van der Waals surface area contributed by atoms with E-state index in [-0.39, 0.29) is 22.9 Å². The zero-order valence-electron chi connectivity index (χ0n) is 22.6. The molecule has 0 bridgehead atoms. The first-order valence-corrected chi connectivity index (χ1v) is 16.5. The average Bonchev–Trinajstić information content (AvgIpc) is 3.28. The number of aromatic amines is 1. The number of fused-ring (bicyclic) bond motifs is 1. The first kappa shape index (κ1) is 26.4. The molecule has 1 aromatic heterocycles. The van der Waals surface area contributed by atoms with Crippen molar-refractivity contribution in [3.05, 3.63) is 47.2 Å². The third-order valence-electron chi connectivity index (χ3n) is 8.51. The van der Waals surface area contributed by atoms with E-state index in [9.17, 15) is 14.7 Å². The van der Waals surface area contributed by atoms with Gasteiger partial charge in [0.25, 0.3) is 0 Å². The first-order valence-electron chi connectivity index (χ1n) is 13.0. The van der Waals surface area contributed by atoms with Crippen LogP contribution >= 0.6 is 0 Å². The minimum atomic E-state index is -1.72. The maximum absolute atomic E-state index is 13.5. The molecule has 1 aromatic carbocycles. The monoisotopic (exact) mass is 511 g/mol. The molecule has 196 valence electrons. The summed E-state index contributed by atoms with van der Waals surface area (Å²) < 4.78 is 0. The minimum absolute atomic E-state index is 0.0180. The number of hydrogen-bond acceptors (Lipinski definition) is 4. The molecule has 0 saturated heterocycles. The maximum Gasteiger partial charge on any atom is 0.318 e. The van der Waals surface area contributed by atoms with Crippen molar-refractivity contribution in [1.29, 1.82) is 0 Å². The van der Waals surface area contributed by atoms with Crippen LogP contribution in [0.4, 0.5) is 10.6 Å². The number of nitrogens with zero attached hydrogens (tertiary/aromatic N) is 2. The molecule has 4 rings (SSSR count). The lowest BCUT2D eigenvalue weighted by Crippen LogP contribution is -2.52. The van der Waals surface area contributed by atoms with E-state index in [0.717, 1.165) is 36.1 Å². The normalized spacial score (nSPS) is 19.9. The molecule has 1 aliphatic heterocycles. The summed E-state index contributed by atoms with van der Waals surface area (Å²) in [6.07, 6.45) is 2.13. The molecule has 2 heterocycles. The van der Waals surface area contributed by atoms with Gasteiger partial charge in [0.1, 0.15) is 0 Å². The average molecular weight is 512 g/mol. The summed E-state index contributed by atoms with van der Waals surface area (Å²) in [5.74, 6) is 0.603. The topological polar surface area (TPSA) is 110 Å². The molecule has 2 aromatic rings. The summed E-state index contributed by atoms with van der Waals surface area (Å²) >= 11 is 0. The van der Waals surface area contributed by atoms with Crippen LogP contribution in [-0.2, 0) is 16.9 Å². The van der Waals surface area contributed by atoms with Gasteiger partial charge in [0.2, 0.25) is 5.91 Å². The molecule has 4 N–H and O–H groups in total. The van der Waals surface area contributed by atoms with E-state index in [4.69, 9.17) is 0 Å². The Morgan fingerprint density at radius 3 is 2.31 bits per heavy atom. The minimum Gasteiger partial charge on any atom is -0.386 e. The van der Waals surface area contributed by atoms with Gasteiger partial charge in [0, 0.05) is 10.6 Å². The quantitative estimate of drug-likeness (QED) is 0.386. The second kappa shape index (κ2) is 9.34. The number of anilines is 1. The molecular weight excluding hydrogens is 470 g/mol. The molecule has 9 heteroatoms. The van der Waals surface area contributed by atoms with Crippen molar-refractivity contribution in [2.45, 2.75) is 95.9 Å². The van der Waals surface area contributed by atoms with Crippen LogP contribution in [0.2, 0.25) is 24.7 Å². The van der Waals surface area contributed by atoms with Crippen molar-refractivity contribution < 1.29 is 14.7 Å². The summed E-state index contributed by atoms with van der Waals surface area (Å²) in [6.45, 7) is 15.0. The smallest absolute Gasteiger partial charge is 0.318 e. The molecule has 1 fully saturated rings. The molecule has 1 unspecified atom stereocenters. The van der Waals surface area contributed by atoms with E-state index in [1.165, 1.54) is 0 Å². The molecule has 0 spiro atoms. The van der Waals surface area contributed by atoms with Crippen molar-refractivity contribution in [1.82, 2.24) is 20.4 Å². The number of carbonyl (C=O) groups excluding carboxylic acids is 2. The number of H-pyrrole nitrogens is 1. The lowest BCUT2D eigenvalue weighted by Gasteiger charge is -2.48. The molecule has 1 saturated carbocycles. The largest absolute Gasteiger partial charge is 0.386 e. The van der Waals surface area contributed by atoms with Gasteiger partial charge in [-0.25, -0.2) is 4.79 Å². The van der Waals surface area contributed by atoms with Crippen molar-refractivity contribution in [2.24, 2.45) is 5.92 Å². The molecule has 8 nitrogen and oxygen atoms in total. The van der Waals surface area contributed by atoms with Gasteiger partial charge in [-0.05, 0) is 38.2 Å². The van der Waals surface area contributed by atoms with Gasteiger partial charge >= 0.3 is 6.03 Å². The van der Waals surface area contributed by atoms with Crippen molar-refractivity contribution >= 4 is 25.8 Å². The summed E-state index contributed by atoms with van der Waals surface area (Å²) in [6, 6.07) is 8.69. The van der Waals surface area contributed by atoms with Crippen LogP contribution in [0.1, 0.15) is 69.9 Å². The highest BCUT2D eigenvalue weighted by atomic mass is 28.3. The number of rotatable bonds is 7. The fourth-order valence-electron chi connectivity index (χ4n) is 5.71. The zero-order valence-corrected chi connectivity index (χ0v) is 23.6. The number of hydrogen-bond donors (Lipinski definition) is 4. The van der Waals surface area contributed by atoms with Crippen LogP contribution in [0.5, 0.6) is 0 Å². The molecule has 3 amide bonds. The summed E-state index contributed by atoms with van der Waals surface area (Å²) in [5, 5.41) is 24.5. The van der Waals surface area contributed by atoms with Gasteiger partial charge in [0.05, 0.1) is 38.0 Å². The number of aliphatic hydroxyl groups excluding tert-OH is 1. The number of amides is 3. The predicted octanol–water partition coefficient (Wildman–Crippen LogP) is 5.13. The number of benzene rings is 1. The number of nitrogens with one attached hydrogen (secondary N) is 3. The van der Waals surface area contributed by atoms with Gasteiger partial charge in [-0.2, -0.15) is 5.10 Å². The molecular formula is C27H41N5O3Si. The van der Waals surface area contributed by atoms with Crippen LogP contribution < -0.4 is 10.6 Å². The second-order valence-electron chi connectivity index (χ2n) is 12.3. The maximum atomic E-state index is 13.5. The highest BCUT2D eigenvalue weighted by molar-refractivity contribution is 6.83. The van der Waals surface area contributed by atoms with Gasteiger partial charge in [-0.1, -0.05) is 70.2 Å². The third kappa shape index (κ3) is 4.36. The Hall–Kier alpha value is -2.65. The fraction of sp³-hybridized carbons (Fsp3) is 0.593. The summed E-state index contributed by atoms with van der Waals surface area (Å²) in [4.78, 5) is 28.7. The van der Waals surface area contributed by atoms with Crippen LogP contribution in [-0.4, -0.2) is 46.3 Å². The van der Waals surface area contributed by atoms with E-state index in [1.807, 2.05) is 58.0 Å². The van der Waals surface area contributed by atoms with E-state index in [0.29, 0.717) is 12.4 Å². The lowest BCUT2D eigenvalue weighted by molar-refractivity contribution is -0.121. The number of aromatic nitrogens is 2. The van der Waals surface area contributed by atoms with Crippen LogP contribution in [0.15, 0.2) is 30.3 Å². The van der Waals surface area contributed by atoms with Gasteiger partial charge in [0.15, 0.2) is 5.82 Å². The van der Waals surface area contributed by atoms with E-state index < -0.39 is 25.8 Å². The fourth-order valence-corrected chi connectivity index (χ4v) is 8.31. The second-order valence-corrected chi connectivity index (χ2v) is 17.7. The highest BCUT2D eigenvalue weighted by Gasteiger charge is 2.54. The van der Waals surface area contributed by atoms with E-state index in [1.54, 1.807) is 4.90 Å². The van der Waals surface area contributed by atoms with Gasteiger partial charge < -0.3 is 20.6 Å². The van der Waals surface area contributed by atoms with Crippen LogP contribution in [0.25, 0.3) is 0 Å². The predicted molar refractivity (Wildman–Crippen MR) is 144 cm³/mol. The summed E-state index contributed by atoms with van der Waals surface area (Å²) in [7, 11) is -1.72. The van der Waals surface area contributed by atoms with Gasteiger partial charge in [-0.3, -0.25) is 9.89 Å². The molecule has 2 atom stereocenters. The molecule has 2 aliphatic rings. The molecule has 36 heavy (non-hydrogen) atoms. The van der Waals surface area contributed by atoms with Crippen LogP contribution in [0, 0.1) is 5.92 Å². The van der Waals surface area contributed by atoms with E-state index >= 15 is 0 Å². The third-order valence-corrected chi connectivity index (χ3v) is 12.1. The number of urea groups is 1.